The zero-order valence-electron chi connectivity index (χ0n) is 17.7. The molecule has 0 spiro atoms. The van der Waals surface area contributed by atoms with Crippen LogP contribution in [0.15, 0.2) is 94.5 Å². The first-order valence-corrected chi connectivity index (χ1v) is 11.1. The summed E-state index contributed by atoms with van der Waals surface area (Å²) in [5.41, 5.74) is 6.36. The maximum absolute atomic E-state index is 4.59. The van der Waals surface area contributed by atoms with Crippen LogP contribution >= 0.6 is 11.3 Å². The summed E-state index contributed by atoms with van der Waals surface area (Å²) in [6, 6.07) is 26.8. The van der Waals surface area contributed by atoms with Gasteiger partial charge in [-0.15, -0.1) is 0 Å². The zero-order valence-corrected chi connectivity index (χ0v) is 18.6. The molecule has 0 unspecified atom stereocenters. The highest BCUT2D eigenvalue weighted by atomic mass is 32.1. The summed E-state index contributed by atoms with van der Waals surface area (Å²) in [6.45, 7) is 3.51. The largest absolute Gasteiger partial charge is 0.408 e. The third-order valence-corrected chi connectivity index (χ3v) is 6.10. The number of rotatable bonds is 8. The quantitative estimate of drug-likeness (QED) is 0.248. The van der Waals surface area contributed by atoms with Crippen LogP contribution in [0.5, 0.6) is 0 Å². The molecule has 3 aromatic carbocycles. The van der Waals surface area contributed by atoms with Gasteiger partial charge in [0.05, 0.1) is 23.5 Å². The average Bonchev–Trinajstić information content (AvgIpc) is 3.14. The lowest BCUT2D eigenvalue weighted by molar-refractivity contribution is -0.660. The summed E-state index contributed by atoms with van der Waals surface area (Å²) in [6.07, 6.45) is 0. The van der Waals surface area contributed by atoms with Crippen molar-refractivity contribution in [2.45, 2.75) is 20.0 Å². The van der Waals surface area contributed by atoms with Gasteiger partial charge in [0.25, 0.3) is 0 Å². The standard InChI is InChI=1S/C25H25N5S/c1-19-18-31-25(30(19)2)29-28-23-15-9-14-22(26-16-20-10-5-3-6-11-20)24(23)27-17-21-12-7-4-8-13-21/h3-15,18H,16-17H2,1-2H3,(H,26,28)/p+1. The number of aryl methyl sites for hydroxylation is 1. The van der Waals surface area contributed by atoms with Crippen molar-refractivity contribution in [3.8, 4) is 0 Å². The molecule has 0 aliphatic carbocycles. The maximum atomic E-state index is 4.59. The summed E-state index contributed by atoms with van der Waals surface area (Å²) in [7, 11) is 2.01. The molecule has 0 atom stereocenters. The van der Waals surface area contributed by atoms with Crippen LogP contribution in [0.1, 0.15) is 16.8 Å². The summed E-state index contributed by atoms with van der Waals surface area (Å²) >= 11 is 1.59. The molecule has 1 aromatic heterocycles. The minimum absolute atomic E-state index is 0.708. The van der Waals surface area contributed by atoms with Gasteiger partial charge in [-0.1, -0.05) is 66.7 Å². The summed E-state index contributed by atoms with van der Waals surface area (Å²) < 4.78 is 2.04. The molecule has 4 aromatic rings. The molecular formula is C25H26N5S+. The van der Waals surface area contributed by atoms with Crippen LogP contribution in [0.2, 0.25) is 0 Å². The van der Waals surface area contributed by atoms with Crippen LogP contribution < -0.4 is 15.2 Å². The Hall–Kier alpha value is -3.51. The van der Waals surface area contributed by atoms with Crippen molar-refractivity contribution in [2.24, 2.45) is 17.3 Å². The minimum atomic E-state index is 0.708. The molecule has 0 aliphatic heterocycles. The zero-order chi connectivity index (χ0) is 21.5. The number of azo groups is 1. The molecule has 0 saturated heterocycles. The molecule has 4 rings (SSSR count). The molecule has 5 nitrogen and oxygen atoms in total. The number of benzene rings is 3. The number of hydrogen-bond donors (Lipinski definition) is 2. The molecule has 156 valence electrons. The van der Waals surface area contributed by atoms with Gasteiger partial charge in [-0.05, 0) is 46.6 Å². The fourth-order valence-corrected chi connectivity index (χ4v) is 3.99. The summed E-state index contributed by atoms with van der Waals surface area (Å²) in [4.78, 5) is 0. The highest BCUT2D eigenvalue weighted by Gasteiger charge is 2.14. The average molecular weight is 429 g/mol. The van der Waals surface area contributed by atoms with Gasteiger partial charge in [-0.3, -0.25) is 0 Å². The second-order valence-corrected chi connectivity index (χ2v) is 8.13. The number of nitrogens with one attached hydrogen (secondary N) is 2. The van der Waals surface area contributed by atoms with Crippen LogP contribution in [0.4, 0.5) is 22.2 Å². The molecular weight excluding hydrogens is 402 g/mol. The predicted octanol–water partition coefficient (Wildman–Crippen LogP) is 6.52. The van der Waals surface area contributed by atoms with Gasteiger partial charge in [0.1, 0.15) is 11.4 Å². The van der Waals surface area contributed by atoms with E-state index in [2.05, 4.69) is 87.8 Å². The molecule has 0 aliphatic rings. The summed E-state index contributed by atoms with van der Waals surface area (Å²) in [5.74, 6) is 0. The van der Waals surface area contributed by atoms with Crippen LogP contribution in [0.3, 0.4) is 0 Å². The van der Waals surface area contributed by atoms with Gasteiger partial charge >= 0.3 is 5.13 Å². The van der Waals surface area contributed by atoms with Gasteiger partial charge in [0.15, 0.2) is 0 Å². The van der Waals surface area contributed by atoms with E-state index < -0.39 is 0 Å². The van der Waals surface area contributed by atoms with E-state index in [-0.39, 0.29) is 0 Å². The topological polar surface area (TPSA) is 52.7 Å². The monoisotopic (exact) mass is 428 g/mol. The Balaban J connectivity index is 1.61. The molecule has 31 heavy (non-hydrogen) atoms. The lowest BCUT2D eigenvalue weighted by Gasteiger charge is -2.15. The molecule has 0 saturated carbocycles. The second-order valence-electron chi connectivity index (χ2n) is 7.30. The van der Waals surface area contributed by atoms with Crippen molar-refractivity contribution in [2.75, 3.05) is 10.6 Å². The van der Waals surface area contributed by atoms with Crippen molar-refractivity contribution < 1.29 is 4.57 Å². The second kappa shape index (κ2) is 10.00. The highest BCUT2D eigenvalue weighted by molar-refractivity contribution is 7.12. The predicted molar refractivity (Wildman–Crippen MR) is 128 cm³/mol. The van der Waals surface area contributed by atoms with Crippen LogP contribution in [-0.4, -0.2) is 0 Å². The molecule has 2 N–H and O–H groups in total. The number of anilines is 2. The maximum Gasteiger partial charge on any atom is 0.408 e. The van der Waals surface area contributed by atoms with E-state index in [4.69, 9.17) is 0 Å². The first-order valence-electron chi connectivity index (χ1n) is 10.2. The normalized spacial score (nSPS) is 11.0. The SMILES string of the molecule is Cc1csc(N=Nc2cccc(NCc3ccccc3)c2NCc2ccccc2)[n+]1C. The number of nitrogens with zero attached hydrogens (tertiary/aromatic N) is 3. The molecule has 0 bridgehead atoms. The Bertz CT molecular complexity index is 1150. The van der Waals surface area contributed by atoms with Crippen LogP contribution in [0, 0.1) is 6.92 Å². The van der Waals surface area contributed by atoms with Gasteiger partial charge in [-0.25, -0.2) is 4.57 Å². The fraction of sp³-hybridized carbons (Fsp3) is 0.160. The van der Waals surface area contributed by atoms with Crippen LogP contribution in [0.25, 0.3) is 0 Å². The minimum Gasteiger partial charge on any atom is -0.379 e. The third-order valence-electron chi connectivity index (χ3n) is 5.07. The Labute approximate surface area is 187 Å². The van der Waals surface area contributed by atoms with E-state index in [1.165, 1.54) is 16.8 Å². The van der Waals surface area contributed by atoms with E-state index >= 15 is 0 Å². The van der Waals surface area contributed by atoms with E-state index in [1.807, 2.05) is 35.9 Å². The van der Waals surface area contributed by atoms with Gasteiger partial charge in [0, 0.05) is 18.5 Å². The van der Waals surface area contributed by atoms with Crippen molar-refractivity contribution in [3.05, 3.63) is 101 Å². The lowest BCUT2D eigenvalue weighted by atomic mass is 10.1. The number of aromatic nitrogens is 1. The molecule has 0 fully saturated rings. The van der Waals surface area contributed by atoms with Gasteiger partial charge in [-0.2, -0.15) is 0 Å². The van der Waals surface area contributed by atoms with Crippen molar-refractivity contribution >= 4 is 33.5 Å². The van der Waals surface area contributed by atoms with E-state index in [0.29, 0.717) is 6.54 Å². The Morgan fingerprint density at radius 3 is 2.03 bits per heavy atom. The molecule has 6 heteroatoms. The van der Waals surface area contributed by atoms with Crippen LogP contribution in [-0.2, 0) is 20.1 Å². The third kappa shape index (κ3) is 5.35. The van der Waals surface area contributed by atoms with E-state index in [1.54, 1.807) is 11.3 Å². The van der Waals surface area contributed by atoms with Crippen molar-refractivity contribution in [3.63, 3.8) is 0 Å². The van der Waals surface area contributed by atoms with Gasteiger partial charge in [0.2, 0.25) is 0 Å². The van der Waals surface area contributed by atoms with Gasteiger partial charge < -0.3 is 10.6 Å². The van der Waals surface area contributed by atoms with E-state index in [0.717, 1.165) is 28.7 Å². The Kier molecular flexibility index (Phi) is 6.69. The fourth-order valence-electron chi connectivity index (χ4n) is 3.17. The first kappa shape index (κ1) is 20.8. The molecule has 1 heterocycles. The van der Waals surface area contributed by atoms with Crippen molar-refractivity contribution in [1.82, 2.24) is 0 Å². The number of hydrogen-bond acceptors (Lipinski definition) is 5. The first-order chi connectivity index (χ1) is 15.2. The Morgan fingerprint density at radius 2 is 1.42 bits per heavy atom. The lowest BCUT2D eigenvalue weighted by Crippen LogP contribution is -2.28. The molecule has 0 amide bonds. The number of thiazole rings is 1. The Morgan fingerprint density at radius 1 is 0.774 bits per heavy atom. The number of para-hydroxylation sites is 1. The molecule has 0 radical (unpaired) electrons. The van der Waals surface area contributed by atoms with Crippen molar-refractivity contribution in [1.29, 1.82) is 0 Å². The van der Waals surface area contributed by atoms with E-state index in [9.17, 15) is 0 Å². The highest BCUT2D eigenvalue weighted by Crippen LogP contribution is 2.35. The smallest absolute Gasteiger partial charge is 0.379 e. The summed E-state index contributed by atoms with van der Waals surface area (Å²) in [5, 5.41) is 19.2.